The summed E-state index contributed by atoms with van der Waals surface area (Å²) in [5, 5.41) is 3.12. The second-order valence-electron chi connectivity index (χ2n) is 8.49. The summed E-state index contributed by atoms with van der Waals surface area (Å²) in [5.74, 6) is 0.982. The molecule has 1 atom stereocenters. The Labute approximate surface area is 185 Å². The Kier molecular flexibility index (Phi) is 7.73. The van der Waals surface area contributed by atoms with Gasteiger partial charge >= 0.3 is 0 Å². The zero-order valence-corrected chi connectivity index (χ0v) is 19.3. The first kappa shape index (κ1) is 23.3. The number of methoxy groups -OCH3 is 1. The van der Waals surface area contributed by atoms with Gasteiger partial charge in [-0.3, -0.25) is 4.79 Å². The molecule has 1 aliphatic rings. The third-order valence-electron chi connectivity index (χ3n) is 5.55. The molecule has 0 saturated carbocycles. The van der Waals surface area contributed by atoms with E-state index in [4.69, 9.17) is 4.74 Å². The van der Waals surface area contributed by atoms with E-state index in [1.54, 1.807) is 35.7 Å². The minimum Gasteiger partial charge on any atom is -0.497 e. The van der Waals surface area contributed by atoms with Crippen LogP contribution in [0.5, 0.6) is 5.75 Å². The maximum Gasteiger partial charge on any atom is 0.251 e. The summed E-state index contributed by atoms with van der Waals surface area (Å²) < 4.78 is 31.8. The first-order valence-corrected chi connectivity index (χ1v) is 12.4. The minimum atomic E-state index is -3.30. The molecular weight excluding hydrogens is 412 g/mol. The van der Waals surface area contributed by atoms with Crippen molar-refractivity contribution in [3.05, 3.63) is 65.2 Å². The fourth-order valence-electron chi connectivity index (χ4n) is 3.85. The predicted octanol–water partition coefficient (Wildman–Crippen LogP) is 4.14. The normalized spacial score (nSPS) is 15.7. The lowest BCUT2D eigenvalue weighted by atomic mass is 9.96. The number of nitrogens with zero attached hydrogens (tertiary/aromatic N) is 1. The number of rotatable bonds is 9. The van der Waals surface area contributed by atoms with Crippen molar-refractivity contribution in [1.29, 1.82) is 0 Å². The molecule has 0 bridgehead atoms. The average molecular weight is 445 g/mol. The van der Waals surface area contributed by atoms with E-state index >= 15 is 0 Å². The van der Waals surface area contributed by atoms with Crippen LogP contribution in [0.25, 0.3) is 0 Å². The third kappa shape index (κ3) is 6.31. The van der Waals surface area contributed by atoms with Crippen LogP contribution in [0.1, 0.15) is 60.6 Å². The van der Waals surface area contributed by atoms with Gasteiger partial charge in [-0.05, 0) is 60.6 Å². The van der Waals surface area contributed by atoms with Crippen LogP contribution in [0.15, 0.2) is 48.5 Å². The molecule has 2 aromatic rings. The van der Waals surface area contributed by atoms with Crippen molar-refractivity contribution in [2.24, 2.45) is 5.92 Å². The first-order valence-electron chi connectivity index (χ1n) is 10.8. The highest BCUT2D eigenvalue weighted by atomic mass is 32.2. The number of carbonyl (C=O) groups excluding carboxylic acids is 1. The highest BCUT2D eigenvalue weighted by Gasteiger charge is 2.25. The molecule has 168 valence electrons. The van der Waals surface area contributed by atoms with E-state index in [9.17, 15) is 13.2 Å². The summed E-state index contributed by atoms with van der Waals surface area (Å²) in [6.07, 6.45) is 2.65. The van der Waals surface area contributed by atoms with Crippen molar-refractivity contribution < 1.29 is 17.9 Å². The number of nitrogens with one attached hydrogen (secondary N) is 1. The second-order valence-corrected chi connectivity index (χ2v) is 10.5. The summed E-state index contributed by atoms with van der Waals surface area (Å²) in [7, 11) is -1.67. The molecule has 7 heteroatoms. The van der Waals surface area contributed by atoms with E-state index in [0.717, 1.165) is 30.6 Å². The number of ether oxygens (including phenoxy) is 1. The third-order valence-corrected chi connectivity index (χ3v) is 7.40. The first-order chi connectivity index (χ1) is 14.8. The molecule has 31 heavy (non-hydrogen) atoms. The van der Waals surface area contributed by atoms with Crippen LogP contribution in [0, 0.1) is 5.92 Å². The molecule has 0 aromatic heterocycles. The molecular formula is C24H32N2O4S. The van der Waals surface area contributed by atoms with E-state index in [1.165, 1.54) is 0 Å². The van der Waals surface area contributed by atoms with Gasteiger partial charge in [0.05, 0.1) is 18.9 Å². The summed E-state index contributed by atoms with van der Waals surface area (Å²) in [4.78, 5) is 12.9. The van der Waals surface area contributed by atoms with Crippen LogP contribution in [0.2, 0.25) is 0 Å². The van der Waals surface area contributed by atoms with Crippen LogP contribution in [0.3, 0.4) is 0 Å². The zero-order valence-electron chi connectivity index (χ0n) is 18.5. The monoisotopic (exact) mass is 444 g/mol. The van der Waals surface area contributed by atoms with Crippen LogP contribution >= 0.6 is 0 Å². The molecule has 1 N–H and O–H groups in total. The van der Waals surface area contributed by atoms with Crippen molar-refractivity contribution in [3.8, 4) is 5.75 Å². The van der Waals surface area contributed by atoms with Crippen molar-refractivity contribution in [1.82, 2.24) is 9.62 Å². The number of hydrogen-bond acceptors (Lipinski definition) is 4. The molecule has 0 radical (unpaired) electrons. The van der Waals surface area contributed by atoms with E-state index in [0.29, 0.717) is 30.1 Å². The molecule has 0 unspecified atom stereocenters. The van der Waals surface area contributed by atoms with Gasteiger partial charge in [-0.25, -0.2) is 12.7 Å². The molecule has 0 aliphatic carbocycles. The van der Waals surface area contributed by atoms with Gasteiger partial charge in [-0.15, -0.1) is 0 Å². The molecule has 2 aromatic carbocycles. The smallest absolute Gasteiger partial charge is 0.251 e. The van der Waals surface area contributed by atoms with E-state index in [-0.39, 0.29) is 17.7 Å². The average Bonchev–Trinajstić information content (AvgIpc) is 3.29. The number of hydrogen-bond donors (Lipinski definition) is 1. The summed E-state index contributed by atoms with van der Waals surface area (Å²) >= 11 is 0. The highest BCUT2D eigenvalue weighted by Crippen LogP contribution is 2.24. The Hall–Kier alpha value is -2.38. The number of amides is 1. The van der Waals surface area contributed by atoms with Gasteiger partial charge in [0.15, 0.2) is 0 Å². The lowest BCUT2D eigenvalue weighted by Gasteiger charge is -2.21. The fraction of sp³-hybridized carbons (Fsp3) is 0.458. The predicted molar refractivity (Wildman–Crippen MR) is 123 cm³/mol. The second kappa shape index (κ2) is 10.3. The molecule has 1 amide bonds. The van der Waals surface area contributed by atoms with Gasteiger partial charge in [0.1, 0.15) is 5.75 Å². The maximum absolute atomic E-state index is 12.9. The van der Waals surface area contributed by atoms with Crippen LogP contribution < -0.4 is 10.1 Å². The van der Waals surface area contributed by atoms with Gasteiger partial charge in [-0.2, -0.15) is 0 Å². The Morgan fingerprint density at radius 3 is 2.19 bits per heavy atom. The van der Waals surface area contributed by atoms with Crippen molar-refractivity contribution >= 4 is 15.9 Å². The quantitative estimate of drug-likeness (QED) is 0.631. The Morgan fingerprint density at radius 1 is 1.03 bits per heavy atom. The maximum atomic E-state index is 12.9. The SMILES string of the molecule is COc1ccc([C@H](CC(C)C)NC(=O)c2ccc(CS(=O)(=O)N3CCCC3)cc2)cc1. The van der Waals surface area contributed by atoms with Crippen LogP contribution in [0.4, 0.5) is 0 Å². The summed E-state index contributed by atoms with van der Waals surface area (Å²) in [5.41, 5.74) is 2.23. The highest BCUT2D eigenvalue weighted by molar-refractivity contribution is 7.88. The van der Waals surface area contributed by atoms with Crippen molar-refractivity contribution in [2.45, 2.75) is 44.9 Å². The lowest BCUT2D eigenvalue weighted by molar-refractivity contribution is 0.0932. The minimum absolute atomic E-state index is 0.0310. The van der Waals surface area contributed by atoms with Crippen LogP contribution in [-0.2, 0) is 15.8 Å². The Morgan fingerprint density at radius 2 is 1.65 bits per heavy atom. The largest absolute Gasteiger partial charge is 0.497 e. The van der Waals surface area contributed by atoms with E-state index in [1.807, 2.05) is 24.3 Å². The van der Waals surface area contributed by atoms with Crippen molar-refractivity contribution in [2.75, 3.05) is 20.2 Å². The molecule has 6 nitrogen and oxygen atoms in total. The van der Waals surface area contributed by atoms with E-state index in [2.05, 4.69) is 19.2 Å². The van der Waals surface area contributed by atoms with Crippen molar-refractivity contribution in [3.63, 3.8) is 0 Å². The molecule has 1 heterocycles. The lowest BCUT2D eigenvalue weighted by Crippen LogP contribution is -2.30. The van der Waals surface area contributed by atoms with Gasteiger partial charge in [0.2, 0.25) is 10.0 Å². The van der Waals surface area contributed by atoms with Gasteiger partial charge in [-0.1, -0.05) is 38.1 Å². The topological polar surface area (TPSA) is 75.7 Å². The number of benzene rings is 2. The van der Waals surface area contributed by atoms with E-state index < -0.39 is 10.0 Å². The number of carbonyl (C=O) groups is 1. The van der Waals surface area contributed by atoms with Crippen LogP contribution in [-0.4, -0.2) is 38.8 Å². The number of sulfonamides is 1. The standard InChI is InChI=1S/C24H32N2O4S/c1-18(2)16-23(20-10-12-22(30-3)13-11-20)25-24(27)21-8-6-19(7-9-21)17-31(28,29)26-14-4-5-15-26/h6-13,18,23H,4-5,14-17H2,1-3H3,(H,25,27)/t23-/m0/s1. The molecule has 1 fully saturated rings. The fourth-order valence-corrected chi connectivity index (χ4v) is 5.46. The molecule has 1 saturated heterocycles. The summed E-state index contributed by atoms with van der Waals surface area (Å²) in [6, 6.07) is 14.5. The Bertz CT molecular complexity index is 964. The zero-order chi connectivity index (χ0) is 22.4. The molecule has 3 rings (SSSR count). The summed E-state index contributed by atoms with van der Waals surface area (Å²) in [6.45, 7) is 5.45. The van der Waals surface area contributed by atoms with Gasteiger partial charge in [0, 0.05) is 18.7 Å². The van der Waals surface area contributed by atoms with Gasteiger partial charge in [0.25, 0.3) is 5.91 Å². The molecule has 0 spiro atoms. The Balaban J connectivity index is 1.68. The molecule has 1 aliphatic heterocycles. The van der Waals surface area contributed by atoms with Gasteiger partial charge < -0.3 is 10.1 Å².